The molecule has 0 aromatic heterocycles. The Morgan fingerprint density at radius 2 is 1.45 bits per heavy atom. The van der Waals surface area contributed by atoms with Gasteiger partial charge in [0, 0.05) is 37.7 Å². The molecule has 0 amide bonds. The van der Waals surface area contributed by atoms with E-state index >= 15 is 0 Å². The lowest BCUT2D eigenvalue weighted by Crippen LogP contribution is -2.67. The van der Waals surface area contributed by atoms with Crippen LogP contribution < -0.4 is 9.47 Å². The molecule has 8 heteroatoms. The predicted octanol–water partition coefficient (Wildman–Crippen LogP) is 9.68. The second-order valence-electron chi connectivity index (χ2n) is 18.8. The number of hydrogen-bond donors (Lipinski definition) is 0. The summed E-state index contributed by atoms with van der Waals surface area (Å²) in [4.78, 5) is 48.6. The Morgan fingerprint density at radius 1 is 0.755 bits per heavy atom. The minimum Gasteiger partial charge on any atom is -0.465 e. The number of allylic oxidation sites excluding steroid dienone is 1. The number of carbonyl (C=O) groups is 4. The number of ether oxygens (including phenoxy) is 4. The van der Waals surface area contributed by atoms with E-state index in [1.165, 1.54) is 51.2 Å². The van der Waals surface area contributed by atoms with Crippen LogP contribution in [0.2, 0.25) is 0 Å². The molecule has 0 unspecified atom stereocenters. The Bertz CT molecular complexity index is 1690. The highest BCUT2D eigenvalue weighted by atomic mass is 16.6. The summed E-state index contributed by atoms with van der Waals surface area (Å²) in [5, 5.41) is 0. The normalized spacial score (nSPS) is 38.4. The number of benzene rings is 1. The van der Waals surface area contributed by atoms with E-state index in [1.54, 1.807) is 31.2 Å². The maximum atomic E-state index is 13.3. The van der Waals surface area contributed by atoms with Crippen molar-refractivity contribution in [2.75, 3.05) is 6.61 Å². The van der Waals surface area contributed by atoms with Gasteiger partial charge in [0.1, 0.15) is 6.10 Å². The van der Waals surface area contributed by atoms with Gasteiger partial charge in [-0.25, -0.2) is 4.79 Å². The SMILES string of the molecule is C=C(C)[C@@H]1CC[C@]2(COC(C)=O)CC[C@]3(C)[C@H](CC[C@@H]4[C@@]5(C)CC[C@H](OC(=O)/C=C/c6ccc(OC(C)=O)c(OC(C)=O)c6)C(C)(C)[C@@H]5CC[C@]43C)[C@H]12. The van der Waals surface area contributed by atoms with Gasteiger partial charge in [-0.05, 0) is 141 Å². The van der Waals surface area contributed by atoms with Crippen molar-refractivity contribution in [3.05, 3.63) is 42.0 Å². The Balaban J connectivity index is 1.19. The average molecular weight is 731 g/mol. The minimum absolute atomic E-state index is 0.0557. The molecular weight excluding hydrogens is 668 g/mol. The first-order chi connectivity index (χ1) is 24.8. The molecule has 290 valence electrons. The molecule has 5 aliphatic carbocycles. The second-order valence-corrected chi connectivity index (χ2v) is 18.8. The number of hydrogen-bond acceptors (Lipinski definition) is 8. The topological polar surface area (TPSA) is 105 Å². The van der Waals surface area contributed by atoms with Crippen LogP contribution in [0, 0.1) is 56.7 Å². The van der Waals surface area contributed by atoms with E-state index in [4.69, 9.17) is 18.9 Å². The third-order valence-electron chi connectivity index (χ3n) is 15.9. The van der Waals surface area contributed by atoms with E-state index in [9.17, 15) is 19.2 Å². The molecule has 0 aliphatic heterocycles. The van der Waals surface area contributed by atoms with E-state index in [0.717, 1.165) is 38.5 Å². The van der Waals surface area contributed by atoms with Crippen LogP contribution in [0.3, 0.4) is 0 Å². The van der Waals surface area contributed by atoms with Crippen LogP contribution in [0.5, 0.6) is 11.5 Å². The zero-order valence-corrected chi connectivity index (χ0v) is 33.6. The molecule has 0 bridgehead atoms. The molecule has 5 saturated carbocycles. The number of fused-ring (bicyclic) bond motifs is 7. The van der Waals surface area contributed by atoms with Gasteiger partial charge in [-0.2, -0.15) is 0 Å². The van der Waals surface area contributed by atoms with Gasteiger partial charge in [0.25, 0.3) is 0 Å². The molecule has 0 heterocycles. The molecule has 8 nitrogen and oxygen atoms in total. The summed E-state index contributed by atoms with van der Waals surface area (Å²) in [6.07, 6.45) is 14.0. The van der Waals surface area contributed by atoms with Crippen LogP contribution in [0.1, 0.15) is 132 Å². The highest BCUT2D eigenvalue weighted by molar-refractivity contribution is 5.87. The van der Waals surface area contributed by atoms with E-state index in [2.05, 4.69) is 48.1 Å². The summed E-state index contributed by atoms with van der Waals surface area (Å²) < 4.78 is 22.5. The fraction of sp³-hybridized carbons (Fsp3) is 0.689. The summed E-state index contributed by atoms with van der Waals surface area (Å²) >= 11 is 0. The van der Waals surface area contributed by atoms with Crippen molar-refractivity contribution in [2.24, 2.45) is 56.7 Å². The van der Waals surface area contributed by atoms with Crippen molar-refractivity contribution in [3.8, 4) is 11.5 Å². The molecule has 5 aliphatic rings. The van der Waals surface area contributed by atoms with E-state index < -0.39 is 17.9 Å². The van der Waals surface area contributed by atoms with Crippen molar-refractivity contribution in [1.82, 2.24) is 0 Å². The van der Waals surface area contributed by atoms with Gasteiger partial charge < -0.3 is 18.9 Å². The minimum atomic E-state index is -0.544. The summed E-state index contributed by atoms with van der Waals surface area (Å²) in [5.41, 5.74) is 2.27. The van der Waals surface area contributed by atoms with Crippen molar-refractivity contribution in [1.29, 1.82) is 0 Å². The van der Waals surface area contributed by atoms with Crippen LogP contribution in [0.4, 0.5) is 0 Å². The summed E-state index contributed by atoms with van der Waals surface area (Å²) in [7, 11) is 0. The van der Waals surface area contributed by atoms with Crippen LogP contribution in [0.25, 0.3) is 6.08 Å². The van der Waals surface area contributed by atoms with Crippen LogP contribution in [0.15, 0.2) is 36.4 Å². The quantitative estimate of drug-likeness (QED) is 0.113. The van der Waals surface area contributed by atoms with E-state index in [-0.39, 0.29) is 50.6 Å². The number of rotatable bonds is 8. The Hall–Kier alpha value is -3.42. The van der Waals surface area contributed by atoms with Gasteiger partial charge in [-0.1, -0.05) is 52.8 Å². The van der Waals surface area contributed by atoms with Crippen molar-refractivity contribution in [2.45, 2.75) is 133 Å². The molecule has 0 N–H and O–H groups in total. The molecule has 6 rings (SSSR count). The second kappa shape index (κ2) is 14.0. The number of carbonyl (C=O) groups excluding carboxylic acids is 4. The van der Waals surface area contributed by atoms with Crippen molar-refractivity contribution < 1.29 is 38.1 Å². The summed E-state index contributed by atoms with van der Waals surface area (Å²) in [6.45, 7) is 23.8. The standard InChI is InChI=1S/C45H62O8/c1-27(2)32-17-22-45(26-50-28(3)46)24-23-43(9)33(40(32)45)13-15-37-42(8)20-19-38(41(6,7)36(42)18-21-44(37,43)10)53-39(49)16-12-31-11-14-34(51-29(4)47)35(25-31)52-30(5)48/h11-12,14,16,25,32-33,36-38,40H,1,13,15,17-24,26H2,2-10H3/b16-12+/t32-,33+,36-,37+,38-,40-,42-,43+,44+,45+/m0/s1. The summed E-state index contributed by atoms with van der Waals surface area (Å²) in [5.74, 6) is 1.17. The molecule has 1 aromatic rings. The smallest absolute Gasteiger partial charge is 0.331 e. The molecule has 0 spiro atoms. The molecule has 0 radical (unpaired) electrons. The maximum absolute atomic E-state index is 13.3. The first kappa shape index (κ1) is 39.3. The van der Waals surface area contributed by atoms with Gasteiger partial charge in [-0.3, -0.25) is 14.4 Å². The van der Waals surface area contributed by atoms with Crippen LogP contribution >= 0.6 is 0 Å². The molecule has 5 fully saturated rings. The van der Waals surface area contributed by atoms with Gasteiger partial charge in [-0.15, -0.1) is 0 Å². The molecular formula is C45H62O8. The zero-order chi connectivity index (χ0) is 38.7. The lowest BCUT2D eigenvalue weighted by Gasteiger charge is -2.73. The molecule has 0 saturated heterocycles. The highest BCUT2D eigenvalue weighted by Crippen LogP contribution is 2.77. The van der Waals surface area contributed by atoms with Crippen LogP contribution in [-0.4, -0.2) is 36.6 Å². The Morgan fingerprint density at radius 3 is 2.11 bits per heavy atom. The maximum Gasteiger partial charge on any atom is 0.331 e. The Kier molecular flexibility index (Phi) is 10.4. The fourth-order valence-electron chi connectivity index (χ4n) is 13.4. The summed E-state index contributed by atoms with van der Waals surface area (Å²) in [6, 6.07) is 4.79. The lowest BCUT2D eigenvalue weighted by atomic mass is 9.32. The van der Waals surface area contributed by atoms with E-state index in [1.807, 2.05) is 0 Å². The van der Waals surface area contributed by atoms with Gasteiger partial charge >= 0.3 is 23.9 Å². The van der Waals surface area contributed by atoms with Crippen LogP contribution in [-0.2, 0) is 28.7 Å². The third kappa shape index (κ3) is 6.68. The lowest BCUT2D eigenvalue weighted by molar-refractivity contribution is -0.251. The van der Waals surface area contributed by atoms with E-state index in [0.29, 0.717) is 41.8 Å². The predicted molar refractivity (Wildman–Crippen MR) is 204 cm³/mol. The fourth-order valence-corrected chi connectivity index (χ4v) is 13.4. The highest BCUT2D eigenvalue weighted by Gasteiger charge is 2.71. The third-order valence-corrected chi connectivity index (χ3v) is 15.9. The van der Waals surface area contributed by atoms with Crippen molar-refractivity contribution in [3.63, 3.8) is 0 Å². The first-order valence-electron chi connectivity index (χ1n) is 20.0. The number of esters is 4. The molecule has 1 aromatic carbocycles. The average Bonchev–Trinajstić information content (AvgIpc) is 3.45. The zero-order valence-electron chi connectivity index (χ0n) is 33.6. The molecule has 53 heavy (non-hydrogen) atoms. The monoisotopic (exact) mass is 730 g/mol. The first-order valence-corrected chi connectivity index (χ1v) is 20.0. The Labute approximate surface area is 316 Å². The largest absolute Gasteiger partial charge is 0.465 e. The van der Waals surface area contributed by atoms with Gasteiger partial charge in [0.2, 0.25) is 0 Å². The van der Waals surface area contributed by atoms with Crippen molar-refractivity contribution >= 4 is 30.0 Å². The van der Waals surface area contributed by atoms with Gasteiger partial charge in [0.05, 0.1) is 6.61 Å². The van der Waals surface area contributed by atoms with Gasteiger partial charge in [0.15, 0.2) is 11.5 Å². The molecule has 10 atom stereocenters.